The van der Waals surface area contributed by atoms with E-state index in [4.69, 9.17) is 4.74 Å². The fourth-order valence-electron chi connectivity index (χ4n) is 5.46. The summed E-state index contributed by atoms with van der Waals surface area (Å²) in [5.41, 5.74) is 1.73. The van der Waals surface area contributed by atoms with Crippen molar-refractivity contribution in [2.24, 2.45) is 11.3 Å². The van der Waals surface area contributed by atoms with E-state index >= 15 is 0 Å². The summed E-state index contributed by atoms with van der Waals surface area (Å²) in [5, 5.41) is 0. The van der Waals surface area contributed by atoms with Gasteiger partial charge in [0.25, 0.3) is 0 Å². The number of amides is 1. The van der Waals surface area contributed by atoms with Crippen LogP contribution in [0.5, 0.6) is 0 Å². The molecule has 3 aliphatic rings. The van der Waals surface area contributed by atoms with Gasteiger partial charge in [0.2, 0.25) is 5.91 Å². The van der Waals surface area contributed by atoms with Crippen LogP contribution in [-0.2, 0) is 15.1 Å². The Morgan fingerprint density at radius 2 is 1.88 bits per heavy atom. The van der Waals surface area contributed by atoms with Crippen LogP contribution < -0.4 is 0 Å². The van der Waals surface area contributed by atoms with E-state index in [1.54, 1.807) is 0 Å². The topological polar surface area (TPSA) is 32.8 Å². The molecule has 1 aromatic carbocycles. The second-order valence-electron chi connectivity index (χ2n) is 8.97. The van der Waals surface area contributed by atoms with Crippen LogP contribution in [0.4, 0.5) is 0 Å². The molecule has 4 nitrogen and oxygen atoms in total. The average Bonchev–Trinajstić information content (AvgIpc) is 3.25. The van der Waals surface area contributed by atoms with Crippen LogP contribution >= 0.6 is 0 Å². The predicted octanol–water partition coefficient (Wildman–Crippen LogP) is 3.27. The quantitative estimate of drug-likeness (QED) is 0.830. The van der Waals surface area contributed by atoms with E-state index < -0.39 is 0 Å². The van der Waals surface area contributed by atoms with Crippen LogP contribution in [0.15, 0.2) is 30.3 Å². The number of hydrogen-bond acceptors (Lipinski definition) is 3. The second-order valence-corrected chi connectivity index (χ2v) is 8.97. The molecule has 0 radical (unpaired) electrons. The highest BCUT2D eigenvalue weighted by Crippen LogP contribution is 2.52. The summed E-state index contributed by atoms with van der Waals surface area (Å²) in [5.74, 6) is 0.914. The van der Waals surface area contributed by atoms with Gasteiger partial charge in [0.1, 0.15) is 0 Å². The molecule has 142 valence electrons. The first-order chi connectivity index (χ1) is 12.5. The molecule has 1 aliphatic carbocycles. The van der Waals surface area contributed by atoms with Gasteiger partial charge in [0.05, 0.1) is 6.61 Å². The molecule has 1 unspecified atom stereocenters. The lowest BCUT2D eigenvalue weighted by molar-refractivity contribution is -0.128. The van der Waals surface area contributed by atoms with Crippen LogP contribution in [0.25, 0.3) is 0 Å². The molecule has 1 amide bonds. The maximum atomic E-state index is 12.7. The minimum Gasteiger partial charge on any atom is -0.381 e. The van der Waals surface area contributed by atoms with Crippen molar-refractivity contribution >= 4 is 5.91 Å². The standard InChI is InChI=1S/C22H32N2O2/c1-23(2)22(19-6-4-3-5-7-19)11-9-21(10-12-22)14-20(25)24(17-21)15-18-8-13-26-16-18/h3-7,18H,8-17H2,1-2H3. The molecule has 1 saturated carbocycles. The maximum absolute atomic E-state index is 12.7. The first-order valence-electron chi connectivity index (χ1n) is 10.1. The van der Waals surface area contributed by atoms with Gasteiger partial charge in [-0.25, -0.2) is 0 Å². The van der Waals surface area contributed by atoms with Crippen molar-refractivity contribution in [1.82, 2.24) is 9.80 Å². The van der Waals surface area contributed by atoms with Crippen LogP contribution in [0, 0.1) is 11.3 Å². The van der Waals surface area contributed by atoms with E-state index in [1.165, 1.54) is 5.56 Å². The monoisotopic (exact) mass is 356 g/mol. The summed E-state index contributed by atoms with van der Waals surface area (Å²) in [6.07, 6.45) is 6.41. The van der Waals surface area contributed by atoms with Gasteiger partial charge in [0, 0.05) is 37.6 Å². The van der Waals surface area contributed by atoms with Gasteiger partial charge in [0.15, 0.2) is 0 Å². The van der Waals surface area contributed by atoms with Gasteiger partial charge in [-0.1, -0.05) is 30.3 Å². The number of rotatable bonds is 4. The highest BCUT2D eigenvalue weighted by atomic mass is 16.5. The molecule has 0 N–H and O–H groups in total. The molecule has 26 heavy (non-hydrogen) atoms. The highest BCUT2D eigenvalue weighted by Gasteiger charge is 2.50. The molecule has 1 aromatic rings. The average molecular weight is 357 g/mol. The Kier molecular flexibility index (Phi) is 4.83. The van der Waals surface area contributed by atoms with Crippen molar-refractivity contribution in [2.45, 2.75) is 44.1 Å². The number of nitrogens with zero attached hydrogens (tertiary/aromatic N) is 2. The summed E-state index contributed by atoms with van der Waals surface area (Å²) >= 11 is 0. The molecule has 0 aromatic heterocycles. The van der Waals surface area contributed by atoms with Crippen molar-refractivity contribution < 1.29 is 9.53 Å². The zero-order valence-corrected chi connectivity index (χ0v) is 16.2. The molecule has 1 spiro atoms. The molecule has 0 bridgehead atoms. The minimum absolute atomic E-state index is 0.113. The molecule has 3 fully saturated rings. The van der Waals surface area contributed by atoms with Crippen molar-refractivity contribution in [1.29, 1.82) is 0 Å². The first kappa shape index (κ1) is 18.0. The number of carbonyl (C=O) groups is 1. The lowest BCUT2D eigenvalue weighted by atomic mass is 9.64. The predicted molar refractivity (Wildman–Crippen MR) is 103 cm³/mol. The molecule has 2 saturated heterocycles. The Morgan fingerprint density at radius 3 is 2.50 bits per heavy atom. The molecule has 4 rings (SSSR count). The van der Waals surface area contributed by atoms with E-state index in [9.17, 15) is 4.79 Å². The molecule has 2 heterocycles. The summed E-state index contributed by atoms with van der Waals surface area (Å²) < 4.78 is 5.50. The van der Waals surface area contributed by atoms with Crippen LogP contribution in [0.3, 0.4) is 0 Å². The first-order valence-corrected chi connectivity index (χ1v) is 10.1. The Labute approximate surface area is 157 Å². The normalized spacial score (nSPS) is 35.0. The van der Waals surface area contributed by atoms with Crippen molar-refractivity contribution in [3.63, 3.8) is 0 Å². The minimum atomic E-state index is 0.113. The number of benzene rings is 1. The SMILES string of the molecule is CN(C)C1(c2ccccc2)CCC2(CC1)CC(=O)N(CC1CCOC1)C2. The summed E-state index contributed by atoms with van der Waals surface area (Å²) in [7, 11) is 4.41. The highest BCUT2D eigenvalue weighted by molar-refractivity contribution is 5.79. The molecule has 2 aliphatic heterocycles. The lowest BCUT2D eigenvalue weighted by Crippen LogP contribution is -2.47. The fourth-order valence-corrected chi connectivity index (χ4v) is 5.46. The second kappa shape index (κ2) is 6.97. The van der Waals surface area contributed by atoms with Gasteiger partial charge in [-0.2, -0.15) is 0 Å². The lowest BCUT2D eigenvalue weighted by Gasteiger charge is -2.49. The smallest absolute Gasteiger partial charge is 0.223 e. The number of hydrogen-bond donors (Lipinski definition) is 0. The largest absolute Gasteiger partial charge is 0.381 e. The number of ether oxygens (including phenoxy) is 1. The van der Waals surface area contributed by atoms with E-state index in [0.717, 1.165) is 64.8 Å². The van der Waals surface area contributed by atoms with Crippen molar-refractivity contribution in [2.75, 3.05) is 40.4 Å². The molecular weight excluding hydrogens is 324 g/mol. The Balaban J connectivity index is 1.46. The molecular formula is C22H32N2O2. The number of carbonyl (C=O) groups excluding carboxylic acids is 1. The maximum Gasteiger partial charge on any atom is 0.223 e. The van der Waals surface area contributed by atoms with E-state index in [2.05, 4.69) is 54.2 Å². The van der Waals surface area contributed by atoms with Gasteiger partial charge in [-0.3, -0.25) is 9.69 Å². The van der Waals surface area contributed by atoms with E-state index in [0.29, 0.717) is 11.8 Å². The third kappa shape index (κ3) is 3.18. The molecule has 4 heteroatoms. The summed E-state index contributed by atoms with van der Waals surface area (Å²) in [6.45, 7) is 3.55. The van der Waals surface area contributed by atoms with Gasteiger partial charge >= 0.3 is 0 Å². The van der Waals surface area contributed by atoms with Gasteiger partial charge < -0.3 is 9.64 Å². The number of likely N-dealkylation sites (tertiary alicyclic amines) is 1. The third-order valence-electron chi connectivity index (χ3n) is 7.21. The van der Waals surface area contributed by atoms with Crippen molar-refractivity contribution in [3.05, 3.63) is 35.9 Å². The summed E-state index contributed by atoms with van der Waals surface area (Å²) in [4.78, 5) is 17.2. The van der Waals surface area contributed by atoms with Gasteiger partial charge in [-0.05, 0) is 57.2 Å². The molecule has 1 atom stereocenters. The van der Waals surface area contributed by atoms with Gasteiger partial charge in [-0.15, -0.1) is 0 Å². The Bertz CT molecular complexity index is 629. The van der Waals surface area contributed by atoms with E-state index in [1.807, 2.05) is 0 Å². The summed E-state index contributed by atoms with van der Waals surface area (Å²) in [6, 6.07) is 10.9. The van der Waals surface area contributed by atoms with Crippen molar-refractivity contribution in [3.8, 4) is 0 Å². The van der Waals surface area contributed by atoms with Crippen LogP contribution in [-0.4, -0.2) is 56.1 Å². The van der Waals surface area contributed by atoms with Crippen LogP contribution in [0.2, 0.25) is 0 Å². The Morgan fingerprint density at radius 1 is 1.15 bits per heavy atom. The Hall–Kier alpha value is -1.39. The zero-order chi connectivity index (χ0) is 18.2. The third-order valence-corrected chi connectivity index (χ3v) is 7.21. The fraction of sp³-hybridized carbons (Fsp3) is 0.682. The zero-order valence-electron chi connectivity index (χ0n) is 16.2. The van der Waals surface area contributed by atoms with Crippen LogP contribution in [0.1, 0.15) is 44.1 Å². The van der Waals surface area contributed by atoms with E-state index in [-0.39, 0.29) is 11.0 Å².